The van der Waals surface area contributed by atoms with Gasteiger partial charge in [0.05, 0.1) is 25.7 Å². The predicted molar refractivity (Wildman–Crippen MR) is 198 cm³/mol. The molecule has 0 saturated carbocycles. The number of hydrogen-bond acceptors (Lipinski definition) is 5. The number of carbonyl (C=O) groups is 1. The number of Topliss-reactive ketones (excluding diaryl/α,β-unsaturated/α-hetero) is 1. The van der Waals surface area contributed by atoms with Crippen molar-refractivity contribution in [2.45, 2.75) is 134 Å². The van der Waals surface area contributed by atoms with E-state index in [1.165, 1.54) is 89.2 Å². The molecule has 2 aromatic carbocycles. The zero-order valence-corrected chi connectivity index (χ0v) is 30.9. The van der Waals surface area contributed by atoms with Gasteiger partial charge in [0.15, 0.2) is 17.3 Å². The molecule has 0 N–H and O–H groups in total. The molecule has 1 aliphatic heterocycles. The summed E-state index contributed by atoms with van der Waals surface area (Å²) in [4.78, 5) is 15.4. The summed E-state index contributed by atoms with van der Waals surface area (Å²) in [6.45, 7) is 4.92. The molecule has 1 heterocycles. The minimum absolute atomic E-state index is 0. The Kier molecular flexibility index (Phi) is 20.5. The van der Waals surface area contributed by atoms with Crippen LogP contribution in [-0.4, -0.2) is 44.5 Å². The Bertz CT molecular complexity index is 1210. The van der Waals surface area contributed by atoms with Crippen LogP contribution in [0.1, 0.15) is 145 Å². The molecule has 0 aromatic heterocycles. The van der Waals surface area contributed by atoms with Crippen LogP contribution in [0.2, 0.25) is 0 Å². The molecule has 0 spiro atoms. The largest absolute Gasteiger partial charge is 0.493 e. The van der Waals surface area contributed by atoms with Crippen molar-refractivity contribution in [2.75, 3.05) is 33.9 Å². The van der Waals surface area contributed by atoms with Crippen LogP contribution in [0.25, 0.3) is 0 Å². The molecule has 2 aromatic rings. The number of hydrogen-bond donors (Lipinski definition) is 0. The van der Waals surface area contributed by atoms with Gasteiger partial charge in [0, 0.05) is 11.5 Å². The summed E-state index contributed by atoms with van der Waals surface area (Å²) in [5.41, 5.74) is 1.03. The molecule has 1 fully saturated rings. The minimum atomic E-state index is -0.576. The Morgan fingerprint density at radius 2 is 1.31 bits per heavy atom. The van der Waals surface area contributed by atoms with Crippen molar-refractivity contribution in [1.29, 1.82) is 5.26 Å². The molecule has 0 amide bonds. The molecule has 268 valence electrons. The molecule has 1 atom stereocenters. The highest BCUT2D eigenvalue weighted by Gasteiger charge is 2.33. The molecule has 7 heteroatoms. The monoisotopic (exact) mass is 684 g/mol. The number of methoxy groups -OCH3 is 2. The molecule has 1 unspecified atom stereocenters. The first kappa shape index (κ1) is 41.6. The Balaban J connectivity index is 0.00000800. The summed E-state index contributed by atoms with van der Waals surface area (Å²) in [5, 5.41) is 10.7. The molecule has 48 heavy (non-hydrogen) atoms. The molecule has 5 nitrogen and oxygen atoms in total. The second kappa shape index (κ2) is 23.7. The standard InChI is InChI=1S/C41H61FN2O3.ClH/c1-4-5-6-7-8-9-10-11-12-13-14-15-16-17-27-41(33-43,36-21-24-38(46-2)39(32-36)47-3)28-18-29-44-30-25-35(26-31-44)40(45)34-19-22-37(42)23-20-34;/h19-24,32,35H,4-18,25-31H2,1-3H3;1H. The lowest BCUT2D eigenvalue weighted by Crippen LogP contribution is -2.37. The zero-order chi connectivity index (χ0) is 33.7. The van der Waals surface area contributed by atoms with Crippen LogP contribution in [0.4, 0.5) is 4.39 Å². The summed E-state index contributed by atoms with van der Waals surface area (Å²) >= 11 is 0. The Hall–Kier alpha value is -2.62. The highest BCUT2D eigenvalue weighted by Crippen LogP contribution is 2.39. The van der Waals surface area contributed by atoms with Gasteiger partial charge in [-0.15, -0.1) is 12.4 Å². The fourth-order valence-corrected chi connectivity index (χ4v) is 7.22. The lowest BCUT2D eigenvalue weighted by atomic mass is 9.74. The van der Waals surface area contributed by atoms with E-state index < -0.39 is 5.41 Å². The first-order valence-corrected chi connectivity index (χ1v) is 18.6. The van der Waals surface area contributed by atoms with Gasteiger partial charge in [-0.1, -0.05) is 103 Å². The van der Waals surface area contributed by atoms with Gasteiger partial charge in [0.1, 0.15) is 5.82 Å². The van der Waals surface area contributed by atoms with Crippen LogP contribution in [0.15, 0.2) is 42.5 Å². The summed E-state index contributed by atoms with van der Waals surface area (Å²) in [7, 11) is 3.29. The van der Waals surface area contributed by atoms with Gasteiger partial charge in [0.25, 0.3) is 0 Å². The smallest absolute Gasteiger partial charge is 0.166 e. The van der Waals surface area contributed by atoms with E-state index >= 15 is 0 Å². The second-order valence-corrected chi connectivity index (χ2v) is 13.7. The highest BCUT2D eigenvalue weighted by molar-refractivity contribution is 5.97. The number of halogens is 2. The quantitative estimate of drug-likeness (QED) is 0.0813. The number of ketones is 1. The van der Waals surface area contributed by atoms with Crippen molar-refractivity contribution in [1.82, 2.24) is 4.90 Å². The number of unbranched alkanes of at least 4 members (excludes halogenated alkanes) is 13. The molecule has 1 saturated heterocycles. The van der Waals surface area contributed by atoms with Crippen molar-refractivity contribution >= 4 is 18.2 Å². The highest BCUT2D eigenvalue weighted by atomic mass is 35.5. The zero-order valence-electron chi connectivity index (χ0n) is 30.1. The number of nitrogens with zero attached hydrogens (tertiary/aromatic N) is 2. The summed E-state index contributed by atoms with van der Waals surface area (Å²) in [6, 6.07) is 14.6. The van der Waals surface area contributed by atoms with Crippen molar-refractivity contribution < 1.29 is 18.7 Å². The van der Waals surface area contributed by atoms with Crippen LogP contribution in [0.3, 0.4) is 0 Å². The molecular weight excluding hydrogens is 623 g/mol. The lowest BCUT2D eigenvalue weighted by Gasteiger charge is -2.33. The van der Waals surface area contributed by atoms with Gasteiger partial charge in [-0.3, -0.25) is 4.79 Å². The Labute approximate surface area is 297 Å². The maximum Gasteiger partial charge on any atom is 0.166 e. The maximum atomic E-state index is 13.3. The molecular formula is C41H62ClFN2O3. The van der Waals surface area contributed by atoms with Crippen molar-refractivity contribution in [3.63, 3.8) is 0 Å². The predicted octanol–water partition coefficient (Wildman–Crippen LogP) is 11.3. The second-order valence-electron chi connectivity index (χ2n) is 13.7. The van der Waals surface area contributed by atoms with Crippen molar-refractivity contribution in [2.24, 2.45) is 5.92 Å². The van der Waals surface area contributed by atoms with Gasteiger partial charge in [-0.05, 0) is 93.7 Å². The van der Waals surface area contributed by atoms with Gasteiger partial charge in [-0.2, -0.15) is 5.26 Å². The van der Waals surface area contributed by atoms with Gasteiger partial charge >= 0.3 is 0 Å². The summed E-state index contributed by atoms with van der Waals surface area (Å²) < 4.78 is 24.4. The van der Waals surface area contributed by atoms with Crippen LogP contribution >= 0.6 is 12.4 Å². The summed E-state index contributed by atoms with van der Waals surface area (Å²) in [5.74, 6) is 1.13. The third-order valence-electron chi connectivity index (χ3n) is 10.3. The van der Waals surface area contributed by atoms with Crippen LogP contribution < -0.4 is 9.47 Å². The minimum Gasteiger partial charge on any atom is -0.493 e. The van der Waals surface area contributed by atoms with Gasteiger partial charge < -0.3 is 14.4 Å². The number of piperidine rings is 1. The topological polar surface area (TPSA) is 62.6 Å². The van der Waals surface area contributed by atoms with E-state index in [2.05, 4.69) is 17.9 Å². The lowest BCUT2D eigenvalue weighted by molar-refractivity contribution is 0.0838. The van der Waals surface area contributed by atoms with E-state index in [0.29, 0.717) is 17.1 Å². The number of rotatable bonds is 24. The third kappa shape index (κ3) is 13.7. The van der Waals surface area contributed by atoms with Crippen LogP contribution in [0.5, 0.6) is 11.5 Å². The van der Waals surface area contributed by atoms with E-state index in [9.17, 15) is 14.4 Å². The Morgan fingerprint density at radius 3 is 1.83 bits per heavy atom. The number of nitriles is 1. The van der Waals surface area contributed by atoms with E-state index in [1.54, 1.807) is 26.4 Å². The molecule has 0 aliphatic carbocycles. The summed E-state index contributed by atoms with van der Waals surface area (Å²) in [6.07, 6.45) is 22.6. The number of likely N-dealkylation sites (tertiary alicyclic amines) is 1. The van der Waals surface area contributed by atoms with Crippen LogP contribution in [0, 0.1) is 23.1 Å². The normalized spacial score (nSPS) is 14.9. The van der Waals surface area contributed by atoms with Crippen molar-refractivity contribution in [3.05, 3.63) is 59.4 Å². The van der Waals surface area contributed by atoms with Crippen molar-refractivity contribution in [3.8, 4) is 17.6 Å². The number of ether oxygens (including phenoxy) is 2. The van der Waals surface area contributed by atoms with Gasteiger partial charge in [-0.25, -0.2) is 4.39 Å². The van der Waals surface area contributed by atoms with E-state index in [4.69, 9.17) is 9.47 Å². The molecule has 0 radical (unpaired) electrons. The fraction of sp³-hybridized carbons (Fsp3) is 0.659. The van der Waals surface area contributed by atoms with Crippen LogP contribution in [-0.2, 0) is 5.41 Å². The van der Waals surface area contributed by atoms with E-state index in [1.807, 2.05) is 18.2 Å². The molecule has 3 rings (SSSR count). The SMILES string of the molecule is CCCCCCCCCCCCCCCCC(C#N)(CCCN1CCC(C(=O)c2ccc(F)cc2)CC1)c1ccc(OC)c(OC)c1.Cl. The number of benzene rings is 2. The van der Waals surface area contributed by atoms with E-state index in [-0.39, 0.29) is 29.9 Å². The van der Waals surface area contributed by atoms with E-state index in [0.717, 1.165) is 70.1 Å². The average molecular weight is 685 g/mol. The maximum absolute atomic E-state index is 13.3. The fourth-order valence-electron chi connectivity index (χ4n) is 7.22. The first-order chi connectivity index (χ1) is 23.0. The van der Waals surface area contributed by atoms with Gasteiger partial charge in [0.2, 0.25) is 0 Å². The molecule has 1 aliphatic rings. The average Bonchev–Trinajstić information content (AvgIpc) is 3.11. The number of carbonyl (C=O) groups excluding carboxylic acids is 1. The Morgan fingerprint density at radius 1 is 0.792 bits per heavy atom. The molecule has 0 bridgehead atoms. The third-order valence-corrected chi connectivity index (χ3v) is 10.3. The first-order valence-electron chi connectivity index (χ1n) is 18.6.